The molecule has 0 aliphatic heterocycles. The number of anilines is 1. The van der Waals surface area contributed by atoms with Crippen LogP contribution in [0.15, 0.2) is 95.8 Å². The lowest BCUT2D eigenvalue weighted by Gasteiger charge is -2.20. The van der Waals surface area contributed by atoms with E-state index in [-0.39, 0.29) is 5.69 Å². The van der Waals surface area contributed by atoms with Gasteiger partial charge >= 0.3 is 0 Å². The third kappa shape index (κ3) is 3.59. The van der Waals surface area contributed by atoms with Crippen LogP contribution in [0, 0.1) is 6.92 Å². The Balaban J connectivity index is 1.94. The summed E-state index contributed by atoms with van der Waals surface area (Å²) in [6.07, 6.45) is 0. The van der Waals surface area contributed by atoms with Gasteiger partial charge in [-0.3, -0.25) is 19.1 Å². The van der Waals surface area contributed by atoms with Gasteiger partial charge in [0, 0.05) is 18.2 Å². The number of benzene rings is 3. The third-order valence-electron chi connectivity index (χ3n) is 5.20. The molecule has 154 valence electrons. The molecule has 0 fully saturated rings. The molecule has 0 N–H and O–H groups in total. The van der Waals surface area contributed by atoms with Crippen molar-refractivity contribution in [3.05, 3.63) is 118 Å². The summed E-state index contributed by atoms with van der Waals surface area (Å²) < 4.78 is 3.10. The van der Waals surface area contributed by atoms with Gasteiger partial charge in [-0.15, -0.1) is 0 Å². The van der Waals surface area contributed by atoms with Crippen molar-refractivity contribution in [1.29, 1.82) is 0 Å². The molecule has 6 nitrogen and oxygen atoms in total. The van der Waals surface area contributed by atoms with Gasteiger partial charge in [0.2, 0.25) is 0 Å². The lowest BCUT2D eigenvalue weighted by atomic mass is 10.1. The monoisotopic (exact) mass is 411 g/mol. The van der Waals surface area contributed by atoms with Crippen LogP contribution >= 0.6 is 0 Å². The number of hydrogen-bond donors (Lipinski definition) is 0. The molecule has 2 amide bonds. The molecule has 0 saturated heterocycles. The van der Waals surface area contributed by atoms with E-state index in [1.54, 1.807) is 91.4 Å². The number of nitrogens with zero attached hydrogens (tertiary/aromatic N) is 3. The summed E-state index contributed by atoms with van der Waals surface area (Å²) in [6, 6.07) is 26.1. The Hall–Kier alpha value is -4.19. The van der Waals surface area contributed by atoms with E-state index < -0.39 is 17.4 Å². The van der Waals surface area contributed by atoms with Crippen molar-refractivity contribution in [2.24, 2.45) is 7.05 Å². The second kappa shape index (κ2) is 8.28. The molecular weight excluding hydrogens is 390 g/mol. The molecule has 0 saturated carbocycles. The predicted molar refractivity (Wildman–Crippen MR) is 120 cm³/mol. The molecule has 0 atom stereocenters. The molecule has 0 unspecified atom stereocenters. The average Bonchev–Trinajstić information content (AvgIpc) is 3.04. The Kier molecular flexibility index (Phi) is 5.37. The fourth-order valence-electron chi connectivity index (χ4n) is 3.53. The van der Waals surface area contributed by atoms with Crippen molar-refractivity contribution in [1.82, 2.24) is 9.36 Å². The highest BCUT2D eigenvalue weighted by Gasteiger charge is 2.32. The van der Waals surface area contributed by atoms with Crippen LogP contribution in [-0.4, -0.2) is 21.2 Å². The van der Waals surface area contributed by atoms with Gasteiger partial charge in [-0.2, -0.15) is 0 Å². The first kappa shape index (κ1) is 20.1. The number of imide groups is 1. The number of aromatic nitrogens is 2. The molecule has 0 aliphatic rings. The first-order valence-corrected chi connectivity index (χ1v) is 9.83. The van der Waals surface area contributed by atoms with Gasteiger partial charge in [-0.1, -0.05) is 54.6 Å². The fraction of sp³-hybridized carbons (Fsp3) is 0.0800. The van der Waals surface area contributed by atoms with E-state index in [4.69, 9.17) is 0 Å². The average molecular weight is 411 g/mol. The van der Waals surface area contributed by atoms with Crippen molar-refractivity contribution in [3.63, 3.8) is 0 Å². The van der Waals surface area contributed by atoms with Crippen molar-refractivity contribution in [2.45, 2.75) is 6.92 Å². The molecule has 0 aliphatic carbocycles. The predicted octanol–water partition coefficient (Wildman–Crippen LogP) is 3.97. The van der Waals surface area contributed by atoms with Crippen LogP contribution in [0.1, 0.15) is 26.4 Å². The second-order valence-corrected chi connectivity index (χ2v) is 7.09. The molecule has 1 heterocycles. The van der Waals surface area contributed by atoms with Crippen molar-refractivity contribution >= 4 is 17.5 Å². The number of carbonyl (C=O) groups is 2. The topological polar surface area (TPSA) is 64.3 Å². The number of carbonyl (C=O) groups excluding carboxylic acids is 2. The van der Waals surface area contributed by atoms with Gasteiger partial charge in [-0.05, 0) is 43.3 Å². The number of hydrogen-bond acceptors (Lipinski definition) is 3. The Bertz CT molecular complexity index is 1240. The smallest absolute Gasteiger partial charge is 0.283 e. The summed E-state index contributed by atoms with van der Waals surface area (Å²) >= 11 is 0. The Morgan fingerprint density at radius 2 is 1.13 bits per heavy atom. The summed E-state index contributed by atoms with van der Waals surface area (Å²) in [5.41, 5.74) is 1.38. The maximum absolute atomic E-state index is 13.5. The summed E-state index contributed by atoms with van der Waals surface area (Å²) in [5, 5.41) is 0. The van der Waals surface area contributed by atoms with Crippen LogP contribution < -0.4 is 10.5 Å². The molecule has 3 aromatic carbocycles. The van der Waals surface area contributed by atoms with Crippen LogP contribution in [0.5, 0.6) is 0 Å². The Labute approximate surface area is 179 Å². The normalized spacial score (nSPS) is 10.6. The zero-order valence-corrected chi connectivity index (χ0v) is 17.2. The second-order valence-electron chi connectivity index (χ2n) is 7.09. The van der Waals surface area contributed by atoms with Gasteiger partial charge in [0.1, 0.15) is 5.69 Å². The Morgan fingerprint density at radius 3 is 1.58 bits per heavy atom. The third-order valence-corrected chi connectivity index (χ3v) is 5.20. The summed E-state index contributed by atoms with van der Waals surface area (Å²) in [7, 11) is 1.73. The zero-order valence-electron chi connectivity index (χ0n) is 17.2. The summed E-state index contributed by atoms with van der Waals surface area (Å²) in [6.45, 7) is 1.72. The van der Waals surface area contributed by atoms with E-state index in [0.29, 0.717) is 22.5 Å². The van der Waals surface area contributed by atoms with E-state index in [0.717, 1.165) is 4.90 Å². The minimum atomic E-state index is -0.555. The molecule has 4 rings (SSSR count). The molecule has 4 aromatic rings. The van der Waals surface area contributed by atoms with Crippen molar-refractivity contribution in [3.8, 4) is 5.69 Å². The summed E-state index contributed by atoms with van der Waals surface area (Å²) in [5.74, 6) is -1.11. The molecular formula is C25H21N3O3. The first-order chi connectivity index (χ1) is 15.0. The van der Waals surface area contributed by atoms with Crippen molar-refractivity contribution in [2.75, 3.05) is 4.90 Å². The highest BCUT2D eigenvalue weighted by atomic mass is 16.2. The maximum atomic E-state index is 13.5. The number of para-hydroxylation sites is 1. The van der Waals surface area contributed by atoms with Gasteiger partial charge in [-0.25, -0.2) is 9.58 Å². The Morgan fingerprint density at radius 1 is 0.710 bits per heavy atom. The largest absolute Gasteiger partial charge is 0.296 e. The maximum Gasteiger partial charge on any atom is 0.296 e. The lowest BCUT2D eigenvalue weighted by Crippen LogP contribution is -2.40. The van der Waals surface area contributed by atoms with E-state index >= 15 is 0 Å². The van der Waals surface area contributed by atoms with Crippen LogP contribution in [0.25, 0.3) is 5.69 Å². The minimum Gasteiger partial charge on any atom is -0.283 e. The molecule has 31 heavy (non-hydrogen) atoms. The molecule has 6 heteroatoms. The highest BCUT2D eigenvalue weighted by molar-refractivity contribution is 6.25. The van der Waals surface area contributed by atoms with Crippen LogP contribution in [0.4, 0.5) is 5.69 Å². The van der Waals surface area contributed by atoms with E-state index in [9.17, 15) is 14.4 Å². The minimum absolute atomic E-state index is 0.0362. The quantitative estimate of drug-likeness (QED) is 0.477. The fourth-order valence-corrected chi connectivity index (χ4v) is 3.53. The summed E-state index contributed by atoms with van der Waals surface area (Å²) in [4.78, 5) is 41.4. The first-order valence-electron chi connectivity index (χ1n) is 9.83. The standard InChI is InChI=1S/C25H21N3O3/c1-18-22(25(31)28(26(18)2)21-16-10-5-11-17-21)27(23(29)19-12-6-3-7-13-19)24(30)20-14-8-4-9-15-20/h3-17H,1-2H3. The molecule has 0 spiro atoms. The number of amides is 2. The zero-order chi connectivity index (χ0) is 22.0. The lowest BCUT2D eigenvalue weighted by molar-refractivity contribution is 0.0897. The highest BCUT2D eigenvalue weighted by Crippen LogP contribution is 2.23. The van der Waals surface area contributed by atoms with Gasteiger partial charge in [0.15, 0.2) is 0 Å². The SMILES string of the molecule is Cc1c(N(C(=O)c2ccccc2)C(=O)c2ccccc2)c(=O)n(-c2ccccc2)n1C. The number of rotatable bonds is 4. The van der Waals surface area contributed by atoms with Crippen LogP contribution in [0.3, 0.4) is 0 Å². The van der Waals surface area contributed by atoms with Crippen LogP contribution in [-0.2, 0) is 7.05 Å². The van der Waals surface area contributed by atoms with E-state index in [1.165, 1.54) is 4.68 Å². The van der Waals surface area contributed by atoms with Crippen LogP contribution in [0.2, 0.25) is 0 Å². The molecule has 0 radical (unpaired) electrons. The van der Waals surface area contributed by atoms with Gasteiger partial charge < -0.3 is 0 Å². The van der Waals surface area contributed by atoms with E-state index in [1.807, 2.05) is 18.2 Å². The van der Waals surface area contributed by atoms with E-state index in [2.05, 4.69) is 0 Å². The van der Waals surface area contributed by atoms with Crippen molar-refractivity contribution < 1.29 is 9.59 Å². The van der Waals surface area contributed by atoms with Gasteiger partial charge in [0.05, 0.1) is 11.4 Å². The molecule has 1 aromatic heterocycles. The van der Waals surface area contributed by atoms with Gasteiger partial charge in [0.25, 0.3) is 17.4 Å². The molecule has 0 bridgehead atoms.